The van der Waals surface area contributed by atoms with Crippen molar-refractivity contribution in [1.29, 1.82) is 0 Å². The van der Waals surface area contributed by atoms with Gasteiger partial charge in [-0.1, -0.05) is 17.3 Å². The molecule has 0 amide bonds. The zero-order chi connectivity index (χ0) is 26.4. The number of fused-ring (bicyclic) bond motifs is 1. The highest BCUT2D eigenvalue weighted by molar-refractivity contribution is 7.21. The van der Waals surface area contributed by atoms with Crippen molar-refractivity contribution < 1.29 is 9.53 Å². The molecule has 5 aromatic heterocycles. The molecule has 5 aromatic rings. The van der Waals surface area contributed by atoms with Gasteiger partial charge in [-0.15, -0.1) is 0 Å². The minimum absolute atomic E-state index is 0.546. The van der Waals surface area contributed by atoms with E-state index in [0.29, 0.717) is 22.7 Å². The molecule has 0 aromatic carbocycles. The van der Waals surface area contributed by atoms with Crippen molar-refractivity contribution in [1.82, 2.24) is 34.7 Å². The third-order valence-electron chi connectivity index (χ3n) is 5.09. The summed E-state index contributed by atoms with van der Waals surface area (Å²) in [5.41, 5.74) is 6.07. The molecule has 0 bridgehead atoms. The van der Waals surface area contributed by atoms with E-state index in [1.165, 1.54) is 11.3 Å². The Labute approximate surface area is 217 Å². The number of methoxy groups -OCH3 is 1. The van der Waals surface area contributed by atoms with Crippen molar-refractivity contribution >= 4 is 33.2 Å². The van der Waals surface area contributed by atoms with Crippen LogP contribution in [0.25, 0.3) is 21.6 Å². The van der Waals surface area contributed by atoms with Gasteiger partial charge in [0, 0.05) is 49.0 Å². The number of carbonyl (C=O) groups is 1. The van der Waals surface area contributed by atoms with Crippen LogP contribution in [0.2, 0.25) is 0 Å². The van der Waals surface area contributed by atoms with Crippen LogP contribution in [0.15, 0.2) is 43.1 Å². The number of nitrogens with zero attached hydrogens (tertiary/aromatic N) is 7. The predicted molar refractivity (Wildman–Crippen MR) is 143 cm³/mol. The van der Waals surface area contributed by atoms with E-state index >= 15 is 0 Å². The number of thiazole rings is 1. The summed E-state index contributed by atoms with van der Waals surface area (Å²) in [6.45, 7) is 3.79. The highest BCUT2D eigenvalue weighted by atomic mass is 32.1. The van der Waals surface area contributed by atoms with Crippen LogP contribution < -0.4 is 10.1 Å². The van der Waals surface area contributed by atoms with Crippen molar-refractivity contribution in [3.05, 3.63) is 71.3 Å². The summed E-state index contributed by atoms with van der Waals surface area (Å²) in [4.78, 5) is 33.1. The van der Waals surface area contributed by atoms with Gasteiger partial charge in [0.15, 0.2) is 21.9 Å². The topological polar surface area (TPSA) is 121 Å². The second-order valence-electron chi connectivity index (χ2n) is 7.86. The van der Waals surface area contributed by atoms with Gasteiger partial charge in [0.1, 0.15) is 11.4 Å². The van der Waals surface area contributed by atoms with E-state index in [9.17, 15) is 4.79 Å². The number of carbonyl (C=O) groups excluding carboxylic acids is 1. The Morgan fingerprint density at radius 3 is 2.43 bits per heavy atom. The molecule has 5 heterocycles. The van der Waals surface area contributed by atoms with Gasteiger partial charge >= 0.3 is 0 Å². The lowest BCUT2D eigenvalue weighted by molar-refractivity contribution is 0.112. The summed E-state index contributed by atoms with van der Waals surface area (Å²) in [5.74, 6) is 6.62. The fourth-order valence-corrected chi connectivity index (χ4v) is 4.08. The van der Waals surface area contributed by atoms with Crippen LogP contribution in [0.3, 0.4) is 0 Å². The number of nitrogens with one attached hydrogen (secondary N) is 1. The molecule has 0 saturated heterocycles. The molecule has 0 spiro atoms. The van der Waals surface area contributed by atoms with Crippen molar-refractivity contribution in [3.8, 4) is 28.7 Å². The predicted octanol–water partition coefficient (Wildman–Crippen LogP) is 3.84. The first-order valence-electron chi connectivity index (χ1n) is 11.1. The summed E-state index contributed by atoms with van der Waals surface area (Å²) in [6.07, 6.45) is 9.24. The second-order valence-corrected chi connectivity index (χ2v) is 8.84. The molecule has 5 rings (SSSR count). The fraction of sp³-hybridized carbons (Fsp3) is 0.192. The Kier molecular flexibility index (Phi) is 7.80. The molecule has 0 aliphatic rings. The molecule has 0 fully saturated rings. The van der Waals surface area contributed by atoms with Gasteiger partial charge in [0.2, 0.25) is 0 Å². The molecule has 186 valence electrons. The van der Waals surface area contributed by atoms with E-state index in [1.807, 2.05) is 46.3 Å². The third kappa shape index (κ3) is 6.12. The quantitative estimate of drug-likeness (QED) is 0.283. The lowest BCUT2D eigenvalue weighted by atomic mass is 10.0. The number of anilines is 1. The molecule has 0 radical (unpaired) electrons. The number of ether oxygens (including phenoxy) is 1. The molecule has 0 atom stereocenters. The summed E-state index contributed by atoms with van der Waals surface area (Å²) in [6, 6.07) is 3.78. The smallest absolute Gasteiger partial charge is 0.191 e. The van der Waals surface area contributed by atoms with Gasteiger partial charge in [-0.05, 0) is 37.5 Å². The average molecular weight is 513 g/mol. The standard InChI is InChI=1S/C14H14N2O2.C12H10N6S/c1-9-4-12(11(8-17)6-15-9)13-5-10(2)16-7-14(13)18-3;1-13-12-17-10-11(19-12)16-9(6-14-10)4-3-8-5-15-18(2)7-8/h4-8H,1-3H3;5-7H,1-2H3,(H,13,14,17). The summed E-state index contributed by atoms with van der Waals surface area (Å²) in [7, 11) is 5.26. The Hall–Kier alpha value is -4.69. The highest BCUT2D eigenvalue weighted by Crippen LogP contribution is 2.32. The maximum absolute atomic E-state index is 11.1. The molecule has 11 heteroatoms. The van der Waals surface area contributed by atoms with Crippen molar-refractivity contribution in [2.45, 2.75) is 13.8 Å². The zero-order valence-electron chi connectivity index (χ0n) is 21.0. The van der Waals surface area contributed by atoms with Gasteiger partial charge in [0.05, 0.1) is 31.3 Å². The molecule has 37 heavy (non-hydrogen) atoms. The van der Waals surface area contributed by atoms with Crippen molar-refractivity contribution in [3.63, 3.8) is 0 Å². The van der Waals surface area contributed by atoms with E-state index in [4.69, 9.17) is 4.74 Å². The number of aryl methyl sites for hydroxylation is 3. The highest BCUT2D eigenvalue weighted by Gasteiger charge is 2.12. The number of hydrogen-bond donors (Lipinski definition) is 1. The van der Waals surface area contributed by atoms with Crippen molar-refractivity contribution in [2.24, 2.45) is 7.05 Å². The van der Waals surface area contributed by atoms with Gasteiger partial charge in [-0.25, -0.2) is 9.97 Å². The van der Waals surface area contributed by atoms with E-state index in [2.05, 4.69) is 47.2 Å². The molecule has 0 aliphatic carbocycles. The Balaban J connectivity index is 0.000000173. The molecule has 10 nitrogen and oxygen atoms in total. The normalized spacial score (nSPS) is 10.2. The fourth-order valence-electron chi connectivity index (χ4n) is 3.33. The Morgan fingerprint density at radius 2 is 1.76 bits per heavy atom. The Morgan fingerprint density at radius 1 is 1.00 bits per heavy atom. The number of pyridine rings is 2. The molecule has 0 saturated carbocycles. The van der Waals surface area contributed by atoms with Gasteiger partial charge in [0.25, 0.3) is 0 Å². The lowest BCUT2D eigenvalue weighted by Gasteiger charge is -2.11. The molecular weight excluding hydrogens is 488 g/mol. The molecule has 0 unspecified atom stereocenters. The van der Waals surface area contributed by atoms with E-state index in [1.54, 1.807) is 36.6 Å². The first kappa shape index (κ1) is 25.4. The van der Waals surface area contributed by atoms with Crippen LogP contribution in [0, 0.1) is 25.7 Å². The maximum atomic E-state index is 11.1. The summed E-state index contributed by atoms with van der Waals surface area (Å²) >= 11 is 1.46. The van der Waals surface area contributed by atoms with Gasteiger partial charge in [-0.3, -0.25) is 19.4 Å². The van der Waals surface area contributed by atoms with Crippen LogP contribution in [-0.4, -0.2) is 55.1 Å². The van der Waals surface area contributed by atoms with Crippen LogP contribution in [-0.2, 0) is 7.05 Å². The van der Waals surface area contributed by atoms with E-state index in [-0.39, 0.29) is 0 Å². The minimum Gasteiger partial charge on any atom is -0.494 e. The van der Waals surface area contributed by atoms with E-state index < -0.39 is 0 Å². The minimum atomic E-state index is 0.546. The number of aromatic nitrogens is 7. The number of aldehydes is 1. The number of rotatable bonds is 4. The first-order valence-corrected chi connectivity index (χ1v) is 12.0. The SMILES string of the molecule is CNc1nc2ncc(C#Cc3cnn(C)c3)nc2s1.COc1cnc(C)cc1-c1cc(C)ncc1C=O. The number of hydrogen-bond acceptors (Lipinski definition) is 10. The lowest BCUT2D eigenvalue weighted by Crippen LogP contribution is -1.96. The van der Waals surface area contributed by atoms with Crippen LogP contribution in [0.5, 0.6) is 5.75 Å². The average Bonchev–Trinajstić information content (AvgIpc) is 3.52. The van der Waals surface area contributed by atoms with Crippen LogP contribution in [0.1, 0.15) is 33.0 Å². The zero-order valence-corrected chi connectivity index (χ0v) is 21.8. The molecule has 1 N–H and O–H groups in total. The summed E-state index contributed by atoms with van der Waals surface area (Å²) in [5, 5.41) is 7.83. The Bertz CT molecular complexity index is 1630. The first-order chi connectivity index (χ1) is 17.9. The maximum Gasteiger partial charge on any atom is 0.191 e. The van der Waals surface area contributed by atoms with Crippen LogP contribution in [0.4, 0.5) is 5.13 Å². The molecule has 0 aliphatic heterocycles. The third-order valence-corrected chi connectivity index (χ3v) is 6.05. The van der Waals surface area contributed by atoms with Gasteiger partial charge < -0.3 is 10.1 Å². The van der Waals surface area contributed by atoms with Crippen LogP contribution >= 0.6 is 11.3 Å². The van der Waals surface area contributed by atoms with Gasteiger partial charge in [-0.2, -0.15) is 10.1 Å². The summed E-state index contributed by atoms with van der Waals surface area (Å²) < 4.78 is 7.00. The monoisotopic (exact) mass is 512 g/mol. The van der Waals surface area contributed by atoms with E-state index in [0.717, 1.165) is 44.3 Å². The second kappa shape index (κ2) is 11.4. The van der Waals surface area contributed by atoms with Crippen molar-refractivity contribution in [2.75, 3.05) is 19.5 Å². The molecular formula is C26H24N8O2S. The largest absolute Gasteiger partial charge is 0.494 e.